The molecule has 1 atom stereocenters. The number of phosphoric acid groups is 1. The summed E-state index contributed by atoms with van der Waals surface area (Å²) in [5, 5.41) is 11.2. The van der Waals surface area contributed by atoms with Crippen molar-refractivity contribution in [1.82, 2.24) is 5.32 Å². The lowest BCUT2D eigenvalue weighted by Crippen LogP contribution is -2.43. The van der Waals surface area contributed by atoms with Gasteiger partial charge < -0.3 is 20.2 Å². The summed E-state index contributed by atoms with van der Waals surface area (Å²) in [6.07, 6.45) is 14.4. The SMILES string of the molecule is CC1=C(/C=C/C(C)=C\C=C\C(C)=C\C(=O)N[C@@H](COP(=O)(O)O)C(=O)O)C(C)(C)CCC1. The summed E-state index contributed by atoms with van der Waals surface area (Å²) in [5.41, 5.74) is 4.59. The van der Waals surface area contributed by atoms with Gasteiger partial charge in [0.25, 0.3) is 0 Å². The summed E-state index contributed by atoms with van der Waals surface area (Å²) in [7, 11) is -4.84. The number of hydrogen-bond acceptors (Lipinski definition) is 4. The third kappa shape index (κ3) is 10.4. The van der Waals surface area contributed by atoms with E-state index in [-0.39, 0.29) is 5.41 Å². The molecule has 0 saturated carbocycles. The quantitative estimate of drug-likeness (QED) is 0.215. The fourth-order valence-corrected chi connectivity index (χ4v) is 3.79. The minimum absolute atomic E-state index is 0.172. The minimum atomic E-state index is -4.84. The zero-order valence-electron chi connectivity index (χ0n) is 19.3. The largest absolute Gasteiger partial charge is 0.480 e. The van der Waals surface area contributed by atoms with Crippen LogP contribution in [0.4, 0.5) is 0 Å². The van der Waals surface area contributed by atoms with E-state index in [2.05, 4.69) is 42.8 Å². The molecule has 9 heteroatoms. The van der Waals surface area contributed by atoms with E-state index in [0.29, 0.717) is 5.57 Å². The zero-order valence-corrected chi connectivity index (χ0v) is 20.2. The summed E-state index contributed by atoms with van der Waals surface area (Å²) in [6, 6.07) is -1.59. The number of nitrogens with one attached hydrogen (secondary N) is 1. The Balaban J connectivity index is 2.73. The van der Waals surface area contributed by atoms with E-state index < -0.39 is 32.3 Å². The van der Waals surface area contributed by atoms with Crippen molar-refractivity contribution < 1.29 is 33.6 Å². The fourth-order valence-electron chi connectivity index (χ4n) is 3.45. The van der Waals surface area contributed by atoms with Gasteiger partial charge in [-0.25, -0.2) is 9.36 Å². The maximum absolute atomic E-state index is 12.0. The lowest BCUT2D eigenvalue weighted by Gasteiger charge is -2.32. The molecule has 1 amide bonds. The molecule has 0 spiro atoms. The summed E-state index contributed by atoms with van der Waals surface area (Å²) >= 11 is 0. The van der Waals surface area contributed by atoms with Crippen LogP contribution in [-0.4, -0.2) is 39.4 Å². The highest BCUT2D eigenvalue weighted by Gasteiger charge is 2.26. The topological polar surface area (TPSA) is 133 Å². The second-order valence-electron chi connectivity index (χ2n) is 8.61. The molecule has 0 heterocycles. The number of carboxylic acids is 1. The second-order valence-corrected chi connectivity index (χ2v) is 9.85. The van der Waals surface area contributed by atoms with Gasteiger partial charge in [0.2, 0.25) is 5.91 Å². The highest BCUT2D eigenvalue weighted by Crippen LogP contribution is 2.40. The maximum atomic E-state index is 12.0. The second kappa shape index (κ2) is 12.1. The van der Waals surface area contributed by atoms with Crippen LogP contribution in [0.15, 0.2) is 58.7 Å². The van der Waals surface area contributed by atoms with Gasteiger partial charge in [-0.3, -0.25) is 9.32 Å². The number of rotatable bonds is 10. The summed E-state index contributed by atoms with van der Waals surface area (Å²) < 4.78 is 14.9. The molecule has 178 valence electrons. The van der Waals surface area contributed by atoms with Crippen molar-refractivity contribution in [3.63, 3.8) is 0 Å². The molecule has 1 rings (SSSR count). The van der Waals surface area contributed by atoms with Crippen molar-refractivity contribution in [2.75, 3.05) is 6.61 Å². The van der Waals surface area contributed by atoms with Crippen molar-refractivity contribution in [2.45, 2.75) is 59.9 Å². The average Bonchev–Trinajstić information content (AvgIpc) is 2.63. The van der Waals surface area contributed by atoms with Gasteiger partial charge in [0, 0.05) is 6.08 Å². The fraction of sp³-hybridized carbons (Fsp3) is 0.478. The minimum Gasteiger partial charge on any atom is -0.480 e. The van der Waals surface area contributed by atoms with Crippen LogP contribution in [-0.2, 0) is 18.7 Å². The molecule has 1 aliphatic carbocycles. The molecule has 4 N–H and O–H groups in total. The predicted molar refractivity (Wildman–Crippen MR) is 124 cm³/mol. The number of aliphatic carboxylic acids is 1. The third-order valence-electron chi connectivity index (χ3n) is 5.16. The molecule has 0 aliphatic heterocycles. The first-order valence-corrected chi connectivity index (χ1v) is 11.9. The number of hydrogen-bond donors (Lipinski definition) is 4. The van der Waals surface area contributed by atoms with Crippen molar-refractivity contribution in [2.24, 2.45) is 5.41 Å². The smallest absolute Gasteiger partial charge is 0.469 e. The first kappa shape index (κ1) is 27.8. The lowest BCUT2D eigenvalue weighted by atomic mass is 9.72. The third-order valence-corrected chi connectivity index (χ3v) is 5.64. The van der Waals surface area contributed by atoms with Gasteiger partial charge in [0.15, 0.2) is 6.04 Å². The lowest BCUT2D eigenvalue weighted by molar-refractivity contribution is -0.142. The molecule has 0 unspecified atom stereocenters. The monoisotopic (exact) mass is 467 g/mol. The molecular formula is C23H34NO7P. The molecule has 0 bridgehead atoms. The van der Waals surface area contributed by atoms with E-state index in [1.54, 1.807) is 19.1 Å². The molecule has 0 aromatic rings. The van der Waals surface area contributed by atoms with Gasteiger partial charge in [-0.05, 0) is 56.6 Å². The Morgan fingerprint density at radius 3 is 2.44 bits per heavy atom. The van der Waals surface area contributed by atoms with Gasteiger partial charge >= 0.3 is 13.8 Å². The van der Waals surface area contributed by atoms with E-state index >= 15 is 0 Å². The predicted octanol–water partition coefficient (Wildman–Crippen LogP) is 4.20. The molecule has 8 nitrogen and oxygen atoms in total. The highest BCUT2D eigenvalue weighted by molar-refractivity contribution is 7.46. The Labute approximate surface area is 189 Å². The number of carbonyl (C=O) groups excluding carboxylic acids is 1. The Kier molecular flexibility index (Phi) is 10.5. The van der Waals surface area contributed by atoms with Crippen molar-refractivity contribution in [1.29, 1.82) is 0 Å². The summed E-state index contributed by atoms with van der Waals surface area (Å²) in [4.78, 5) is 40.5. The molecule has 0 fully saturated rings. The van der Waals surface area contributed by atoms with Crippen LogP contribution in [0.5, 0.6) is 0 Å². The molecule has 1 aliphatic rings. The van der Waals surface area contributed by atoms with Crippen LogP contribution in [0.3, 0.4) is 0 Å². The first-order valence-electron chi connectivity index (χ1n) is 10.4. The normalized spacial score (nSPS) is 19.0. The number of carboxylic acid groups (broad SMARTS) is 1. The van der Waals surface area contributed by atoms with Gasteiger partial charge in [0.05, 0.1) is 6.61 Å². The molecule has 0 aromatic heterocycles. The van der Waals surface area contributed by atoms with Crippen LogP contribution >= 0.6 is 7.82 Å². The summed E-state index contributed by atoms with van der Waals surface area (Å²) in [6.45, 7) is 9.52. The van der Waals surface area contributed by atoms with Crippen LogP contribution in [0.2, 0.25) is 0 Å². The van der Waals surface area contributed by atoms with E-state index in [1.807, 2.05) is 13.0 Å². The van der Waals surface area contributed by atoms with Crippen molar-refractivity contribution >= 4 is 19.7 Å². The summed E-state index contributed by atoms with van der Waals surface area (Å²) in [5.74, 6) is -2.18. The van der Waals surface area contributed by atoms with Crippen LogP contribution < -0.4 is 5.32 Å². The Hall–Kier alpha value is -2.25. The Morgan fingerprint density at radius 2 is 1.88 bits per heavy atom. The van der Waals surface area contributed by atoms with Crippen LogP contribution in [0, 0.1) is 5.41 Å². The maximum Gasteiger partial charge on any atom is 0.469 e. The van der Waals surface area contributed by atoms with Gasteiger partial charge in [0.1, 0.15) is 0 Å². The zero-order chi connectivity index (χ0) is 24.5. The molecule has 32 heavy (non-hydrogen) atoms. The Morgan fingerprint density at radius 1 is 1.22 bits per heavy atom. The molecule has 0 aromatic carbocycles. The van der Waals surface area contributed by atoms with E-state index in [4.69, 9.17) is 14.9 Å². The van der Waals surface area contributed by atoms with Crippen LogP contribution in [0.1, 0.15) is 53.9 Å². The molecule has 0 radical (unpaired) electrons. The van der Waals surface area contributed by atoms with Crippen molar-refractivity contribution in [3.8, 4) is 0 Å². The standard InChI is InChI=1S/C23H34NO7P/c1-16(11-12-19-18(3)10-7-13-23(19,4)5)8-6-9-17(2)14-21(25)24-20(22(26)27)15-31-32(28,29)30/h6,8-9,11-12,14,20H,7,10,13,15H2,1-5H3,(H,24,25)(H,26,27)(H2,28,29,30)/b9-6+,12-11+,16-8-,17-14+/t20-/m0/s1. The number of carbonyl (C=O) groups is 2. The number of allylic oxidation sites excluding steroid dienone is 9. The van der Waals surface area contributed by atoms with Gasteiger partial charge in [-0.15, -0.1) is 0 Å². The number of amides is 1. The number of phosphoric ester groups is 1. The van der Waals surface area contributed by atoms with Crippen molar-refractivity contribution in [3.05, 3.63) is 58.7 Å². The van der Waals surface area contributed by atoms with Crippen LogP contribution in [0.25, 0.3) is 0 Å². The van der Waals surface area contributed by atoms with E-state index in [1.165, 1.54) is 30.1 Å². The molecule has 0 saturated heterocycles. The molecular weight excluding hydrogens is 433 g/mol. The van der Waals surface area contributed by atoms with Gasteiger partial charge in [-0.1, -0.05) is 55.4 Å². The van der Waals surface area contributed by atoms with E-state index in [9.17, 15) is 14.2 Å². The first-order chi connectivity index (χ1) is 14.7. The van der Waals surface area contributed by atoms with E-state index in [0.717, 1.165) is 12.0 Å². The average molecular weight is 467 g/mol. The Bertz CT molecular complexity index is 903. The van der Waals surface area contributed by atoms with Gasteiger partial charge in [-0.2, -0.15) is 0 Å². The highest BCUT2D eigenvalue weighted by atomic mass is 31.2.